The second-order valence-corrected chi connectivity index (χ2v) is 7.10. The van der Waals surface area contributed by atoms with E-state index >= 15 is 0 Å². The number of hydrogen-bond donors (Lipinski definition) is 2. The highest BCUT2D eigenvalue weighted by atomic mass is 19.1. The lowest BCUT2D eigenvalue weighted by Gasteiger charge is -2.10. The summed E-state index contributed by atoms with van der Waals surface area (Å²) in [5.41, 5.74) is 3.88. The molecule has 1 heterocycles. The van der Waals surface area contributed by atoms with Gasteiger partial charge < -0.3 is 10.1 Å². The van der Waals surface area contributed by atoms with E-state index in [9.17, 15) is 9.18 Å². The third kappa shape index (κ3) is 4.76. The Labute approximate surface area is 163 Å². The zero-order chi connectivity index (χ0) is 20.1. The number of halogens is 1. The van der Waals surface area contributed by atoms with Gasteiger partial charge in [-0.25, -0.2) is 4.39 Å². The Morgan fingerprint density at radius 2 is 1.82 bits per heavy atom. The van der Waals surface area contributed by atoms with Crippen molar-refractivity contribution in [1.29, 1.82) is 0 Å². The predicted molar refractivity (Wildman–Crippen MR) is 108 cm³/mol. The second kappa shape index (κ2) is 8.69. The minimum Gasteiger partial charge on any atom is -0.497 e. The molecule has 0 fully saturated rings. The summed E-state index contributed by atoms with van der Waals surface area (Å²) in [6.07, 6.45) is 0.921. The second-order valence-electron chi connectivity index (χ2n) is 7.10. The Bertz CT molecular complexity index is 931. The molecule has 3 rings (SSSR count). The van der Waals surface area contributed by atoms with Crippen molar-refractivity contribution in [2.24, 2.45) is 5.92 Å². The van der Waals surface area contributed by atoms with Crippen LogP contribution in [0.1, 0.15) is 25.1 Å². The summed E-state index contributed by atoms with van der Waals surface area (Å²) in [4.78, 5) is 12.6. The van der Waals surface area contributed by atoms with E-state index in [1.54, 1.807) is 19.2 Å². The molecule has 2 aromatic carbocycles. The van der Waals surface area contributed by atoms with Crippen LogP contribution in [0.15, 0.2) is 48.5 Å². The zero-order valence-corrected chi connectivity index (χ0v) is 16.3. The zero-order valence-electron chi connectivity index (χ0n) is 16.3. The molecule has 0 spiro atoms. The Hall–Kier alpha value is -3.15. The van der Waals surface area contributed by atoms with Gasteiger partial charge in [0, 0.05) is 5.56 Å². The molecular weight excluding hydrogens is 357 g/mol. The number of hydrogen-bond acceptors (Lipinski definition) is 3. The maximum absolute atomic E-state index is 13.1. The van der Waals surface area contributed by atoms with E-state index in [0.29, 0.717) is 17.3 Å². The summed E-state index contributed by atoms with van der Waals surface area (Å²) in [5, 5.41) is 10.5. The van der Waals surface area contributed by atoms with Crippen LogP contribution in [0.5, 0.6) is 5.75 Å². The number of H-pyrrole nitrogens is 1. The molecule has 0 saturated carbocycles. The number of benzene rings is 2. The van der Waals surface area contributed by atoms with Crippen LogP contribution in [0.4, 0.5) is 10.1 Å². The van der Waals surface area contributed by atoms with Crippen LogP contribution >= 0.6 is 0 Å². The molecule has 28 heavy (non-hydrogen) atoms. The molecule has 3 aromatic rings. The number of anilines is 1. The quantitative estimate of drug-likeness (QED) is 0.628. The highest BCUT2D eigenvalue weighted by Gasteiger charge is 2.18. The van der Waals surface area contributed by atoms with Crippen LogP contribution in [0, 0.1) is 11.7 Å². The first-order valence-electron chi connectivity index (χ1n) is 9.22. The van der Waals surface area contributed by atoms with Crippen LogP contribution in [-0.2, 0) is 17.6 Å². The van der Waals surface area contributed by atoms with E-state index in [1.165, 1.54) is 12.1 Å². The third-order valence-electron chi connectivity index (χ3n) is 4.36. The van der Waals surface area contributed by atoms with Gasteiger partial charge in [0.25, 0.3) is 0 Å². The Kier molecular flexibility index (Phi) is 6.09. The van der Waals surface area contributed by atoms with E-state index in [2.05, 4.69) is 29.4 Å². The highest BCUT2D eigenvalue weighted by molar-refractivity contribution is 5.96. The molecule has 1 amide bonds. The molecule has 0 aliphatic carbocycles. The van der Waals surface area contributed by atoms with Gasteiger partial charge in [-0.1, -0.05) is 26.0 Å². The molecule has 0 bridgehead atoms. The fourth-order valence-electron chi connectivity index (χ4n) is 3.00. The van der Waals surface area contributed by atoms with Crippen molar-refractivity contribution in [1.82, 2.24) is 10.2 Å². The molecule has 6 heteroatoms. The number of amides is 1. The number of rotatable bonds is 7. The van der Waals surface area contributed by atoms with Crippen molar-refractivity contribution in [3.8, 4) is 17.0 Å². The van der Waals surface area contributed by atoms with E-state index in [-0.39, 0.29) is 18.1 Å². The summed E-state index contributed by atoms with van der Waals surface area (Å²) < 4.78 is 18.3. The summed E-state index contributed by atoms with van der Waals surface area (Å²) in [6, 6.07) is 13.5. The molecule has 0 atom stereocenters. The molecule has 0 radical (unpaired) electrons. The molecule has 2 N–H and O–H groups in total. The molecule has 5 nitrogen and oxygen atoms in total. The summed E-state index contributed by atoms with van der Waals surface area (Å²) >= 11 is 0. The highest BCUT2D eigenvalue weighted by Crippen LogP contribution is 2.31. The Morgan fingerprint density at radius 1 is 1.14 bits per heavy atom. The van der Waals surface area contributed by atoms with Crippen LogP contribution in [-0.4, -0.2) is 23.2 Å². The number of carbonyl (C=O) groups is 1. The molecule has 0 aliphatic rings. The van der Waals surface area contributed by atoms with Gasteiger partial charge in [0.05, 0.1) is 24.9 Å². The topological polar surface area (TPSA) is 67.0 Å². The summed E-state index contributed by atoms with van der Waals surface area (Å²) in [5.74, 6) is 0.660. The minimum absolute atomic E-state index is 0.161. The fourth-order valence-corrected chi connectivity index (χ4v) is 3.00. The number of carbonyl (C=O) groups excluding carboxylic acids is 1. The first-order chi connectivity index (χ1) is 13.5. The summed E-state index contributed by atoms with van der Waals surface area (Å²) in [7, 11) is 1.62. The van der Waals surface area contributed by atoms with Gasteiger partial charge in [-0.3, -0.25) is 9.89 Å². The van der Waals surface area contributed by atoms with Gasteiger partial charge in [0.15, 0.2) is 0 Å². The van der Waals surface area contributed by atoms with Gasteiger partial charge in [-0.2, -0.15) is 5.10 Å². The van der Waals surface area contributed by atoms with Crippen LogP contribution in [0.3, 0.4) is 0 Å². The monoisotopic (exact) mass is 381 g/mol. The van der Waals surface area contributed by atoms with Crippen LogP contribution in [0.2, 0.25) is 0 Å². The van der Waals surface area contributed by atoms with E-state index in [1.807, 2.05) is 24.3 Å². The van der Waals surface area contributed by atoms with Crippen LogP contribution < -0.4 is 10.1 Å². The number of ether oxygens (including phenoxy) is 1. The Morgan fingerprint density at radius 3 is 2.43 bits per heavy atom. The molecule has 0 unspecified atom stereocenters. The smallest absolute Gasteiger partial charge is 0.228 e. The number of nitrogens with zero attached hydrogens (tertiary/aromatic N) is 1. The first-order valence-corrected chi connectivity index (χ1v) is 9.22. The van der Waals surface area contributed by atoms with Gasteiger partial charge in [0.1, 0.15) is 17.3 Å². The van der Waals surface area contributed by atoms with Crippen LogP contribution in [0.25, 0.3) is 11.3 Å². The Balaban J connectivity index is 1.86. The number of aromatic amines is 1. The van der Waals surface area contributed by atoms with Gasteiger partial charge in [0.2, 0.25) is 5.91 Å². The van der Waals surface area contributed by atoms with Crippen molar-refractivity contribution in [2.75, 3.05) is 12.4 Å². The molecule has 146 valence electrons. The van der Waals surface area contributed by atoms with Crippen molar-refractivity contribution < 1.29 is 13.9 Å². The standard InChI is InChI=1S/C22H24FN3O2/c1-14(2)12-19-22(24-20(27)13-15-4-8-17(23)9-5-15)21(26-25-19)16-6-10-18(28-3)11-7-16/h4-11,14H,12-13H2,1-3H3,(H,24,27)(H,25,26). The van der Waals surface area contributed by atoms with E-state index in [4.69, 9.17) is 4.74 Å². The maximum atomic E-state index is 13.1. The lowest BCUT2D eigenvalue weighted by molar-refractivity contribution is -0.115. The third-order valence-corrected chi connectivity index (χ3v) is 4.36. The first kappa shape index (κ1) is 19.6. The average Bonchev–Trinajstić information content (AvgIpc) is 3.05. The minimum atomic E-state index is -0.319. The SMILES string of the molecule is COc1ccc(-c2n[nH]c(CC(C)C)c2NC(=O)Cc2ccc(F)cc2)cc1. The maximum Gasteiger partial charge on any atom is 0.228 e. The average molecular weight is 381 g/mol. The van der Waals surface area contributed by atoms with Crippen molar-refractivity contribution in [3.63, 3.8) is 0 Å². The van der Waals surface area contributed by atoms with Gasteiger partial charge >= 0.3 is 0 Å². The lowest BCUT2D eigenvalue weighted by atomic mass is 10.0. The van der Waals surface area contributed by atoms with Gasteiger partial charge in [-0.05, 0) is 54.3 Å². The van der Waals surface area contributed by atoms with Crippen molar-refractivity contribution in [3.05, 3.63) is 65.6 Å². The van der Waals surface area contributed by atoms with E-state index in [0.717, 1.165) is 29.0 Å². The predicted octanol–water partition coefficient (Wildman–Crippen LogP) is 4.60. The lowest BCUT2D eigenvalue weighted by Crippen LogP contribution is -2.16. The van der Waals surface area contributed by atoms with E-state index < -0.39 is 0 Å². The number of methoxy groups -OCH3 is 1. The molecular formula is C22H24FN3O2. The van der Waals surface area contributed by atoms with Crippen molar-refractivity contribution in [2.45, 2.75) is 26.7 Å². The molecule has 1 aromatic heterocycles. The van der Waals surface area contributed by atoms with Gasteiger partial charge in [-0.15, -0.1) is 0 Å². The molecule has 0 saturated heterocycles. The summed E-state index contributed by atoms with van der Waals surface area (Å²) in [6.45, 7) is 4.22. The number of aromatic nitrogens is 2. The number of nitrogens with one attached hydrogen (secondary N) is 2. The largest absolute Gasteiger partial charge is 0.497 e. The fraction of sp³-hybridized carbons (Fsp3) is 0.273. The van der Waals surface area contributed by atoms with Crippen molar-refractivity contribution >= 4 is 11.6 Å². The normalized spacial score (nSPS) is 10.9. The molecule has 0 aliphatic heterocycles.